The van der Waals surface area contributed by atoms with Gasteiger partial charge in [0.05, 0.1) is 0 Å². The molecule has 3 heteroatoms. The largest absolute Gasteiger partial charge is 0.316 e. The van der Waals surface area contributed by atoms with Crippen molar-refractivity contribution >= 4 is 0 Å². The van der Waals surface area contributed by atoms with Crippen LogP contribution in [0, 0.1) is 5.92 Å². The second kappa shape index (κ2) is 5.28. The van der Waals surface area contributed by atoms with Crippen LogP contribution in [0.1, 0.15) is 19.3 Å². The summed E-state index contributed by atoms with van der Waals surface area (Å²) in [7, 11) is 4.34. The van der Waals surface area contributed by atoms with Crippen LogP contribution in [-0.2, 0) is 0 Å². The van der Waals surface area contributed by atoms with Crippen LogP contribution in [0.15, 0.2) is 0 Å². The lowest BCUT2D eigenvalue weighted by Gasteiger charge is -2.32. The van der Waals surface area contributed by atoms with Gasteiger partial charge in [-0.1, -0.05) is 0 Å². The van der Waals surface area contributed by atoms with E-state index in [9.17, 15) is 0 Å². The highest BCUT2D eigenvalue weighted by atomic mass is 15.2. The minimum atomic E-state index is 0.742. The zero-order valence-corrected chi connectivity index (χ0v) is 10.2. The molecule has 0 amide bonds. The van der Waals surface area contributed by atoms with E-state index in [1.165, 1.54) is 52.0 Å². The van der Waals surface area contributed by atoms with Crippen molar-refractivity contribution in [2.45, 2.75) is 25.3 Å². The summed E-state index contributed by atoms with van der Waals surface area (Å²) < 4.78 is 0. The summed E-state index contributed by atoms with van der Waals surface area (Å²) >= 11 is 0. The monoisotopic (exact) mass is 211 g/mol. The van der Waals surface area contributed by atoms with E-state index in [2.05, 4.69) is 29.2 Å². The molecule has 0 bridgehead atoms. The van der Waals surface area contributed by atoms with Crippen LogP contribution < -0.4 is 5.32 Å². The molecule has 0 aromatic rings. The fourth-order valence-electron chi connectivity index (χ4n) is 3.02. The maximum atomic E-state index is 3.39. The van der Waals surface area contributed by atoms with Gasteiger partial charge in [-0.25, -0.2) is 0 Å². The molecule has 0 saturated carbocycles. The van der Waals surface area contributed by atoms with Crippen LogP contribution >= 0.6 is 0 Å². The van der Waals surface area contributed by atoms with E-state index in [1.54, 1.807) is 0 Å². The average molecular weight is 211 g/mol. The molecule has 0 aromatic heterocycles. The van der Waals surface area contributed by atoms with Gasteiger partial charge >= 0.3 is 0 Å². The highest BCUT2D eigenvalue weighted by Gasteiger charge is 2.25. The van der Waals surface area contributed by atoms with Gasteiger partial charge in [0.15, 0.2) is 0 Å². The molecule has 2 aliphatic rings. The van der Waals surface area contributed by atoms with Gasteiger partial charge in [-0.05, 0) is 52.4 Å². The predicted octanol–water partition coefficient (Wildman–Crippen LogP) is 0.622. The predicted molar refractivity (Wildman–Crippen MR) is 64.1 cm³/mol. The maximum absolute atomic E-state index is 3.39. The molecule has 2 heterocycles. The van der Waals surface area contributed by atoms with Gasteiger partial charge in [0.2, 0.25) is 0 Å². The van der Waals surface area contributed by atoms with Gasteiger partial charge in [0.25, 0.3) is 0 Å². The molecule has 2 aliphatic heterocycles. The normalized spacial score (nSPS) is 34.8. The lowest BCUT2D eigenvalue weighted by Crippen LogP contribution is -2.39. The minimum Gasteiger partial charge on any atom is -0.316 e. The van der Waals surface area contributed by atoms with Crippen molar-refractivity contribution in [3.63, 3.8) is 0 Å². The Morgan fingerprint density at radius 1 is 1.20 bits per heavy atom. The first-order chi connectivity index (χ1) is 7.28. The highest BCUT2D eigenvalue weighted by molar-refractivity contribution is 4.82. The number of nitrogens with one attached hydrogen (secondary N) is 1. The third-order valence-electron chi connectivity index (χ3n) is 3.92. The molecule has 2 rings (SSSR count). The molecule has 0 radical (unpaired) electrons. The first kappa shape index (κ1) is 11.4. The third-order valence-corrected chi connectivity index (χ3v) is 3.92. The van der Waals surface area contributed by atoms with E-state index in [4.69, 9.17) is 0 Å². The van der Waals surface area contributed by atoms with E-state index in [0.717, 1.165) is 12.0 Å². The molecule has 15 heavy (non-hydrogen) atoms. The third kappa shape index (κ3) is 3.16. The number of likely N-dealkylation sites (N-methyl/N-ethyl adjacent to an activating group) is 1. The summed E-state index contributed by atoms with van der Waals surface area (Å²) in [4.78, 5) is 5.13. The Balaban J connectivity index is 1.72. The molecule has 2 saturated heterocycles. The van der Waals surface area contributed by atoms with E-state index in [0.29, 0.717) is 0 Å². The second-order valence-corrected chi connectivity index (χ2v) is 5.30. The van der Waals surface area contributed by atoms with E-state index in [-0.39, 0.29) is 0 Å². The topological polar surface area (TPSA) is 18.5 Å². The van der Waals surface area contributed by atoms with Crippen molar-refractivity contribution in [1.82, 2.24) is 15.1 Å². The zero-order valence-electron chi connectivity index (χ0n) is 10.2. The molecule has 0 aromatic carbocycles. The summed E-state index contributed by atoms with van der Waals surface area (Å²) in [5.74, 6) is 0.916. The van der Waals surface area contributed by atoms with Crippen LogP contribution in [0.2, 0.25) is 0 Å². The Kier molecular flexibility index (Phi) is 4.00. The maximum Gasteiger partial charge on any atom is 0.0204 e. The lowest BCUT2D eigenvalue weighted by atomic mass is 9.98. The quantitative estimate of drug-likeness (QED) is 0.738. The number of likely N-dealkylation sites (tertiary alicyclic amines) is 2. The molecule has 0 aliphatic carbocycles. The van der Waals surface area contributed by atoms with Crippen LogP contribution in [0.5, 0.6) is 0 Å². The Hall–Kier alpha value is -0.120. The van der Waals surface area contributed by atoms with Crippen molar-refractivity contribution in [3.8, 4) is 0 Å². The van der Waals surface area contributed by atoms with Gasteiger partial charge in [0, 0.05) is 25.7 Å². The molecular formula is C12H25N3. The molecule has 1 N–H and O–H groups in total. The Labute approximate surface area is 93.8 Å². The molecule has 88 valence electrons. The van der Waals surface area contributed by atoms with E-state index in [1.807, 2.05) is 0 Å². The van der Waals surface area contributed by atoms with Gasteiger partial charge in [-0.3, -0.25) is 0 Å². The standard InChI is InChI=1S/C12H25N3/c1-13-12-5-7-15(10-12)9-11-4-3-6-14(2)8-11/h11-13H,3-10H2,1-2H3. The zero-order chi connectivity index (χ0) is 10.7. The van der Waals surface area contributed by atoms with Crippen LogP contribution in [0.3, 0.4) is 0 Å². The fourth-order valence-corrected chi connectivity index (χ4v) is 3.02. The fraction of sp³-hybridized carbons (Fsp3) is 1.00. The average Bonchev–Trinajstić information content (AvgIpc) is 2.65. The van der Waals surface area contributed by atoms with Crippen molar-refractivity contribution in [1.29, 1.82) is 0 Å². The summed E-state index contributed by atoms with van der Waals surface area (Å²) in [6.07, 6.45) is 4.16. The van der Waals surface area contributed by atoms with E-state index >= 15 is 0 Å². The highest BCUT2D eigenvalue weighted by Crippen LogP contribution is 2.18. The molecule has 2 atom stereocenters. The van der Waals surface area contributed by atoms with Crippen molar-refractivity contribution in [2.24, 2.45) is 5.92 Å². The Morgan fingerprint density at radius 2 is 2.07 bits per heavy atom. The number of piperidine rings is 1. The second-order valence-electron chi connectivity index (χ2n) is 5.30. The number of hydrogen-bond donors (Lipinski definition) is 1. The smallest absolute Gasteiger partial charge is 0.0204 e. The van der Waals surface area contributed by atoms with Gasteiger partial charge < -0.3 is 15.1 Å². The van der Waals surface area contributed by atoms with Crippen LogP contribution in [0.25, 0.3) is 0 Å². The van der Waals surface area contributed by atoms with Crippen LogP contribution in [0.4, 0.5) is 0 Å². The Bertz CT molecular complexity index is 195. The van der Waals surface area contributed by atoms with E-state index < -0.39 is 0 Å². The van der Waals surface area contributed by atoms with Crippen molar-refractivity contribution < 1.29 is 0 Å². The Morgan fingerprint density at radius 3 is 2.73 bits per heavy atom. The summed E-state index contributed by atoms with van der Waals surface area (Å²) in [6, 6.07) is 0.742. The van der Waals surface area contributed by atoms with Gasteiger partial charge in [-0.2, -0.15) is 0 Å². The van der Waals surface area contributed by atoms with Crippen molar-refractivity contribution in [2.75, 3.05) is 46.8 Å². The number of hydrogen-bond acceptors (Lipinski definition) is 3. The molecule has 0 spiro atoms. The molecule has 2 unspecified atom stereocenters. The van der Waals surface area contributed by atoms with Crippen LogP contribution in [-0.4, -0.2) is 62.7 Å². The number of rotatable bonds is 3. The van der Waals surface area contributed by atoms with Gasteiger partial charge in [0.1, 0.15) is 0 Å². The van der Waals surface area contributed by atoms with Crippen molar-refractivity contribution in [3.05, 3.63) is 0 Å². The first-order valence-corrected chi connectivity index (χ1v) is 6.36. The lowest BCUT2D eigenvalue weighted by molar-refractivity contribution is 0.165. The minimum absolute atomic E-state index is 0.742. The molecular weight excluding hydrogens is 186 g/mol. The summed E-state index contributed by atoms with van der Waals surface area (Å²) in [5.41, 5.74) is 0. The first-order valence-electron chi connectivity index (χ1n) is 6.36. The molecule has 3 nitrogen and oxygen atoms in total. The van der Waals surface area contributed by atoms with Gasteiger partial charge in [-0.15, -0.1) is 0 Å². The summed E-state index contributed by atoms with van der Waals surface area (Å²) in [6.45, 7) is 6.49. The number of nitrogens with zero attached hydrogens (tertiary/aromatic N) is 2. The SMILES string of the molecule is CNC1CCN(CC2CCCN(C)C2)C1. The molecule has 2 fully saturated rings. The summed E-state index contributed by atoms with van der Waals surface area (Å²) in [5, 5.41) is 3.39.